The van der Waals surface area contributed by atoms with Crippen molar-refractivity contribution in [3.05, 3.63) is 74.6 Å². The Morgan fingerprint density at radius 1 is 1.23 bits per heavy atom. The first-order valence-electron chi connectivity index (χ1n) is 7.91. The van der Waals surface area contributed by atoms with Gasteiger partial charge in [-0.25, -0.2) is 4.79 Å². The fourth-order valence-corrected chi connectivity index (χ4v) is 2.69. The molecule has 0 aliphatic carbocycles. The number of carboxylic acids is 1. The molecule has 26 heavy (non-hydrogen) atoms. The van der Waals surface area contributed by atoms with E-state index in [-0.39, 0.29) is 34.6 Å². The van der Waals surface area contributed by atoms with Crippen LogP contribution in [0, 0.1) is 0 Å². The predicted molar refractivity (Wildman–Crippen MR) is 101 cm³/mol. The summed E-state index contributed by atoms with van der Waals surface area (Å²) in [7, 11) is 0. The van der Waals surface area contributed by atoms with Crippen LogP contribution in [-0.2, 0) is 0 Å². The molecule has 0 bridgehead atoms. The van der Waals surface area contributed by atoms with E-state index in [0.29, 0.717) is 5.02 Å². The highest BCUT2D eigenvalue weighted by molar-refractivity contribution is 6.32. The van der Waals surface area contributed by atoms with Crippen LogP contribution >= 0.6 is 11.6 Å². The van der Waals surface area contributed by atoms with E-state index < -0.39 is 11.4 Å². The van der Waals surface area contributed by atoms with Crippen molar-refractivity contribution in [1.82, 2.24) is 0 Å². The van der Waals surface area contributed by atoms with E-state index in [4.69, 9.17) is 25.9 Å². The highest BCUT2D eigenvalue weighted by Gasteiger charge is 2.16. The fourth-order valence-electron chi connectivity index (χ4n) is 2.49. The second kappa shape index (κ2) is 7.45. The second-order valence-electron chi connectivity index (χ2n) is 5.43. The molecular weight excluding hydrogens is 356 g/mol. The largest absolute Gasteiger partial charge is 0.487 e. The molecule has 1 heterocycles. The molecule has 0 atom stereocenters. The number of hydrogen-bond acceptors (Lipinski definition) is 4. The Morgan fingerprint density at radius 2 is 2.00 bits per heavy atom. The third kappa shape index (κ3) is 3.48. The second-order valence-corrected chi connectivity index (χ2v) is 5.84. The monoisotopic (exact) mass is 370 g/mol. The molecule has 0 saturated carbocycles. The minimum absolute atomic E-state index is 0.00612. The standard InChI is InChI=1S/C20H15ClO5/c1-2-25-19-17(10-7-12-5-3-4-6-15(12)21)26-16-9-8-13(20(23)24)11-14(16)18(19)22/h3-11H,2H2,1H3,(H,23,24)/b10-7+. The van der Waals surface area contributed by atoms with Gasteiger partial charge < -0.3 is 14.3 Å². The first-order valence-corrected chi connectivity index (χ1v) is 8.28. The lowest BCUT2D eigenvalue weighted by atomic mass is 10.1. The molecule has 0 radical (unpaired) electrons. The van der Waals surface area contributed by atoms with Crippen LogP contribution in [0.2, 0.25) is 5.02 Å². The maximum atomic E-state index is 12.8. The van der Waals surface area contributed by atoms with Gasteiger partial charge in [0.15, 0.2) is 5.76 Å². The van der Waals surface area contributed by atoms with Crippen LogP contribution in [0.25, 0.3) is 23.1 Å². The van der Waals surface area contributed by atoms with Crippen LogP contribution in [0.15, 0.2) is 51.7 Å². The molecule has 1 aromatic heterocycles. The van der Waals surface area contributed by atoms with Crippen LogP contribution in [0.4, 0.5) is 0 Å². The van der Waals surface area contributed by atoms with Gasteiger partial charge in [-0.15, -0.1) is 0 Å². The van der Waals surface area contributed by atoms with Gasteiger partial charge in [-0.05, 0) is 48.9 Å². The number of hydrogen-bond donors (Lipinski definition) is 1. The summed E-state index contributed by atoms with van der Waals surface area (Å²) in [6, 6.07) is 11.4. The van der Waals surface area contributed by atoms with Gasteiger partial charge in [0.2, 0.25) is 11.2 Å². The molecular formula is C20H15ClO5. The molecule has 1 N–H and O–H groups in total. The summed E-state index contributed by atoms with van der Waals surface area (Å²) in [5, 5.41) is 9.83. The van der Waals surface area contributed by atoms with Crippen molar-refractivity contribution in [1.29, 1.82) is 0 Å². The topological polar surface area (TPSA) is 76.7 Å². The van der Waals surface area contributed by atoms with Gasteiger partial charge in [0.1, 0.15) is 5.58 Å². The lowest BCUT2D eigenvalue weighted by Gasteiger charge is -2.08. The molecule has 3 aromatic rings. The van der Waals surface area contributed by atoms with Crippen LogP contribution in [0.1, 0.15) is 28.6 Å². The van der Waals surface area contributed by atoms with Crippen molar-refractivity contribution in [3.63, 3.8) is 0 Å². The van der Waals surface area contributed by atoms with Crippen LogP contribution in [-0.4, -0.2) is 17.7 Å². The summed E-state index contributed by atoms with van der Waals surface area (Å²) in [4.78, 5) is 23.9. The van der Waals surface area contributed by atoms with Crippen LogP contribution in [0.5, 0.6) is 5.75 Å². The van der Waals surface area contributed by atoms with Gasteiger partial charge in [0.25, 0.3) is 0 Å². The SMILES string of the molecule is CCOc1c(/C=C/c2ccccc2Cl)oc2ccc(C(=O)O)cc2c1=O. The van der Waals surface area contributed by atoms with Gasteiger partial charge in [0, 0.05) is 5.02 Å². The van der Waals surface area contributed by atoms with Crippen LogP contribution < -0.4 is 10.2 Å². The Labute approximate surface area is 154 Å². The smallest absolute Gasteiger partial charge is 0.335 e. The zero-order valence-corrected chi connectivity index (χ0v) is 14.6. The number of fused-ring (bicyclic) bond motifs is 1. The van der Waals surface area contributed by atoms with E-state index >= 15 is 0 Å². The molecule has 6 heteroatoms. The van der Waals surface area contributed by atoms with Crippen molar-refractivity contribution < 1.29 is 19.1 Å². The maximum Gasteiger partial charge on any atom is 0.335 e. The molecule has 3 rings (SSSR count). The number of ether oxygens (including phenoxy) is 1. The molecule has 2 aromatic carbocycles. The Kier molecular flexibility index (Phi) is 5.09. The van der Waals surface area contributed by atoms with Crippen molar-refractivity contribution in [2.75, 3.05) is 6.61 Å². The molecule has 0 aliphatic rings. The van der Waals surface area contributed by atoms with E-state index in [2.05, 4.69) is 0 Å². The summed E-state index contributed by atoms with van der Waals surface area (Å²) >= 11 is 6.13. The summed E-state index contributed by atoms with van der Waals surface area (Å²) in [6.07, 6.45) is 3.33. The Morgan fingerprint density at radius 3 is 2.69 bits per heavy atom. The lowest BCUT2D eigenvalue weighted by molar-refractivity contribution is 0.0697. The van der Waals surface area contributed by atoms with Crippen molar-refractivity contribution >= 4 is 40.7 Å². The summed E-state index contributed by atoms with van der Waals surface area (Å²) in [5.41, 5.74) is 0.629. The molecule has 0 fully saturated rings. The van der Waals surface area contributed by atoms with Crippen molar-refractivity contribution in [3.8, 4) is 5.75 Å². The maximum absolute atomic E-state index is 12.8. The van der Waals surface area contributed by atoms with E-state index in [9.17, 15) is 9.59 Å². The Balaban J connectivity index is 2.17. The van der Waals surface area contributed by atoms with E-state index in [0.717, 1.165) is 5.56 Å². The van der Waals surface area contributed by atoms with E-state index in [1.54, 1.807) is 25.1 Å². The lowest BCUT2D eigenvalue weighted by Crippen LogP contribution is -2.10. The summed E-state index contributed by atoms with van der Waals surface area (Å²) in [5.74, 6) is -0.842. The fraction of sp³-hybridized carbons (Fsp3) is 0.100. The average Bonchev–Trinajstić information content (AvgIpc) is 2.63. The molecule has 0 saturated heterocycles. The third-order valence-corrected chi connectivity index (χ3v) is 4.07. The van der Waals surface area contributed by atoms with Crippen LogP contribution in [0.3, 0.4) is 0 Å². The number of carbonyl (C=O) groups is 1. The third-order valence-electron chi connectivity index (χ3n) is 3.73. The summed E-state index contributed by atoms with van der Waals surface area (Å²) in [6.45, 7) is 2.01. The number of aromatic carboxylic acids is 1. The first kappa shape index (κ1) is 17.8. The van der Waals surface area contributed by atoms with E-state index in [1.165, 1.54) is 18.2 Å². The van der Waals surface area contributed by atoms with Gasteiger partial charge >= 0.3 is 5.97 Å². The molecule has 5 nitrogen and oxygen atoms in total. The molecule has 0 unspecified atom stereocenters. The normalized spacial score (nSPS) is 11.2. The van der Waals surface area contributed by atoms with Gasteiger partial charge in [-0.2, -0.15) is 0 Å². The van der Waals surface area contributed by atoms with Gasteiger partial charge in [0.05, 0.1) is 17.6 Å². The molecule has 0 aliphatic heterocycles. The number of carboxylic acid groups (broad SMARTS) is 1. The highest BCUT2D eigenvalue weighted by atomic mass is 35.5. The zero-order chi connectivity index (χ0) is 18.7. The molecule has 132 valence electrons. The van der Waals surface area contributed by atoms with Gasteiger partial charge in [-0.1, -0.05) is 29.8 Å². The molecule has 0 amide bonds. The minimum Gasteiger partial charge on any atom is -0.487 e. The summed E-state index contributed by atoms with van der Waals surface area (Å²) < 4.78 is 11.2. The van der Waals surface area contributed by atoms with Crippen molar-refractivity contribution in [2.45, 2.75) is 6.92 Å². The van der Waals surface area contributed by atoms with Crippen molar-refractivity contribution in [2.24, 2.45) is 0 Å². The number of benzene rings is 2. The average molecular weight is 371 g/mol. The molecule has 0 spiro atoms. The zero-order valence-electron chi connectivity index (χ0n) is 13.9. The van der Waals surface area contributed by atoms with E-state index in [1.807, 2.05) is 18.2 Å². The predicted octanol–water partition coefficient (Wildman–Crippen LogP) is 4.71. The minimum atomic E-state index is -1.12. The first-order chi connectivity index (χ1) is 12.5. The Hall–Kier alpha value is -3.05. The highest BCUT2D eigenvalue weighted by Crippen LogP contribution is 2.25. The number of halogens is 1. The Bertz CT molecular complexity index is 1070. The quantitative estimate of drug-likeness (QED) is 0.703. The van der Waals surface area contributed by atoms with Gasteiger partial charge in [-0.3, -0.25) is 4.79 Å². The number of rotatable bonds is 5.